The van der Waals surface area contributed by atoms with Crippen molar-refractivity contribution in [2.75, 3.05) is 13.1 Å². The lowest BCUT2D eigenvalue weighted by atomic mass is 9.92. The van der Waals surface area contributed by atoms with Crippen molar-refractivity contribution in [2.24, 2.45) is 11.8 Å². The highest BCUT2D eigenvalue weighted by Crippen LogP contribution is 2.18. The summed E-state index contributed by atoms with van der Waals surface area (Å²) in [5.41, 5.74) is 0. The van der Waals surface area contributed by atoms with Crippen LogP contribution in [0.2, 0.25) is 0 Å². The molecule has 0 aromatic rings. The highest BCUT2D eigenvalue weighted by Gasteiger charge is 2.17. The Morgan fingerprint density at radius 1 is 1.20 bits per heavy atom. The summed E-state index contributed by atoms with van der Waals surface area (Å²) in [6.45, 7) is 8.79. The van der Waals surface area contributed by atoms with Gasteiger partial charge in [-0.1, -0.05) is 20.8 Å². The molecule has 1 heterocycles. The van der Waals surface area contributed by atoms with Gasteiger partial charge in [-0.25, -0.2) is 0 Å². The molecule has 0 aliphatic carbocycles. The molecule has 2 nitrogen and oxygen atoms in total. The fourth-order valence-corrected chi connectivity index (χ4v) is 2.03. The van der Waals surface area contributed by atoms with Crippen molar-refractivity contribution in [1.29, 1.82) is 0 Å². The molecule has 88 valence electrons. The van der Waals surface area contributed by atoms with E-state index in [4.69, 9.17) is 0 Å². The second kappa shape index (κ2) is 6.14. The van der Waals surface area contributed by atoms with Gasteiger partial charge in [-0.05, 0) is 37.5 Å². The van der Waals surface area contributed by atoms with Crippen LogP contribution in [0.15, 0.2) is 0 Å². The summed E-state index contributed by atoms with van der Waals surface area (Å²) in [4.78, 5) is 13.8. The molecule has 1 amide bonds. The lowest BCUT2D eigenvalue weighted by molar-refractivity contribution is -0.130. The molecule has 1 saturated heterocycles. The van der Waals surface area contributed by atoms with Crippen molar-refractivity contribution in [3.63, 3.8) is 0 Å². The van der Waals surface area contributed by atoms with Crippen LogP contribution in [0.5, 0.6) is 0 Å². The molecule has 1 aliphatic rings. The maximum absolute atomic E-state index is 11.7. The Hall–Kier alpha value is -0.530. The molecule has 2 heteroatoms. The maximum Gasteiger partial charge on any atom is 0.222 e. The molecule has 1 fully saturated rings. The van der Waals surface area contributed by atoms with Gasteiger partial charge in [0.25, 0.3) is 0 Å². The first-order chi connectivity index (χ1) is 7.11. The van der Waals surface area contributed by atoms with Gasteiger partial charge in [0.2, 0.25) is 5.91 Å². The molecule has 1 aliphatic heterocycles. The van der Waals surface area contributed by atoms with Gasteiger partial charge in [-0.3, -0.25) is 4.79 Å². The third-order valence-electron chi connectivity index (χ3n) is 3.65. The molecule has 0 spiro atoms. The van der Waals surface area contributed by atoms with Gasteiger partial charge >= 0.3 is 0 Å². The van der Waals surface area contributed by atoms with Crippen molar-refractivity contribution >= 4 is 5.91 Å². The Labute approximate surface area is 94.0 Å². The second-order valence-electron chi connectivity index (χ2n) is 5.20. The summed E-state index contributed by atoms with van der Waals surface area (Å²) < 4.78 is 0. The van der Waals surface area contributed by atoms with Crippen LogP contribution in [0.4, 0.5) is 0 Å². The van der Waals surface area contributed by atoms with E-state index in [1.54, 1.807) is 0 Å². The fourth-order valence-electron chi connectivity index (χ4n) is 2.03. The molecule has 0 aromatic carbocycles. The SMILES string of the molecule is CC(C)C(C)CCCC(=O)N1CCCC1. The standard InChI is InChI=1S/C13H25NO/c1-11(2)12(3)7-6-8-13(15)14-9-4-5-10-14/h11-12H,4-10H2,1-3H3. The number of hydrogen-bond donors (Lipinski definition) is 0. The van der Waals surface area contributed by atoms with E-state index in [2.05, 4.69) is 20.8 Å². The van der Waals surface area contributed by atoms with E-state index in [-0.39, 0.29) is 0 Å². The number of likely N-dealkylation sites (tertiary alicyclic amines) is 1. The van der Waals surface area contributed by atoms with Gasteiger partial charge in [0.15, 0.2) is 0 Å². The Morgan fingerprint density at radius 3 is 2.33 bits per heavy atom. The van der Waals surface area contributed by atoms with Crippen LogP contribution in [0, 0.1) is 11.8 Å². The van der Waals surface area contributed by atoms with Crippen LogP contribution in [0.3, 0.4) is 0 Å². The Bertz CT molecular complexity index is 195. The van der Waals surface area contributed by atoms with Crippen LogP contribution in [-0.4, -0.2) is 23.9 Å². The third kappa shape index (κ3) is 4.23. The summed E-state index contributed by atoms with van der Waals surface area (Å²) in [5, 5.41) is 0. The van der Waals surface area contributed by atoms with E-state index in [0.717, 1.165) is 37.8 Å². The van der Waals surface area contributed by atoms with Crippen molar-refractivity contribution in [2.45, 2.75) is 52.9 Å². The normalized spacial score (nSPS) is 18.5. The molecule has 0 N–H and O–H groups in total. The molecule has 1 rings (SSSR count). The molecule has 1 atom stereocenters. The van der Waals surface area contributed by atoms with Gasteiger partial charge < -0.3 is 4.90 Å². The highest BCUT2D eigenvalue weighted by atomic mass is 16.2. The molecule has 0 radical (unpaired) electrons. The van der Waals surface area contributed by atoms with Crippen molar-refractivity contribution in [1.82, 2.24) is 4.90 Å². The Balaban J connectivity index is 2.11. The van der Waals surface area contributed by atoms with E-state index in [0.29, 0.717) is 5.91 Å². The number of hydrogen-bond acceptors (Lipinski definition) is 1. The molecule has 1 unspecified atom stereocenters. The van der Waals surface area contributed by atoms with Gasteiger partial charge in [-0.15, -0.1) is 0 Å². The van der Waals surface area contributed by atoms with E-state index in [9.17, 15) is 4.79 Å². The minimum absolute atomic E-state index is 0.378. The largest absolute Gasteiger partial charge is 0.343 e. The number of amides is 1. The first-order valence-corrected chi connectivity index (χ1v) is 6.39. The molecule has 0 saturated carbocycles. The van der Waals surface area contributed by atoms with Gasteiger partial charge in [0.1, 0.15) is 0 Å². The van der Waals surface area contributed by atoms with Crippen LogP contribution in [0.25, 0.3) is 0 Å². The summed E-state index contributed by atoms with van der Waals surface area (Å²) >= 11 is 0. The summed E-state index contributed by atoms with van der Waals surface area (Å²) in [7, 11) is 0. The number of carbonyl (C=O) groups is 1. The molecule has 15 heavy (non-hydrogen) atoms. The third-order valence-corrected chi connectivity index (χ3v) is 3.65. The topological polar surface area (TPSA) is 20.3 Å². The summed E-state index contributed by atoms with van der Waals surface area (Å²) in [6.07, 6.45) is 5.42. The minimum Gasteiger partial charge on any atom is -0.343 e. The van der Waals surface area contributed by atoms with Crippen LogP contribution >= 0.6 is 0 Å². The Morgan fingerprint density at radius 2 is 1.80 bits per heavy atom. The lowest BCUT2D eigenvalue weighted by Gasteiger charge is -2.17. The quantitative estimate of drug-likeness (QED) is 0.684. The molecule has 0 aromatic heterocycles. The first-order valence-electron chi connectivity index (χ1n) is 6.39. The van der Waals surface area contributed by atoms with Crippen LogP contribution in [0.1, 0.15) is 52.9 Å². The van der Waals surface area contributed by atoms with Gasteiger partial charge in [0, 0.05) is 19.5 Å². The zero-order chi connectivity index (χ0) is 11.3. The predicted octanol–water partition coefficient (Wildman–Crippen LogP) is 3.07. The van der Waals surface area contributed by atoms with Gasteiger partial charge in [0.05, 0.1) is 0 Å². The van der Waals surface area contributed by atoms with Crippen LogP contribution in [-0.2, 0) is 4.79 Å². The smallest absolute Gasteiger partial charge is 0.222 e. The van der Waals surface area contributed by atoms with Crippen molar-refractivity contribution in [3.05, 3.63) is 0 Å². The van der Waals surface area contributed by atoms with E-state index >= 15 is 0 Å². The van der Waals surface area contributed by atoms with E-state index in [1.165, 1.54) is 19.3 Å². The summed E-state index contributed by atoms with van der Waals surface area (Å²) in [5.74, 6) is 1.87. The second-order valence-corrected chi connectivity index (χ2v) is 5.20. The van der Waals surface area contributed by atoms with Crippen molar-refractivity contribution in [3.8, 4) is 0 Å². The molecule has 0 bridgehead atoms. The van der Waals surface area contributed by atoms with Crippen molar-refractivity contribution < 1.29 is 4.79 Å². The maximum atomic E-state index is 11.7. The zero-order valence-electron chi connectivity index (χ0n) is 10.5. The Kier molecular flexibility index (Phi) is 5.13. The molecular formula is C13H25NO. The van der Waals surface area contributed by atoms with Crippen LogP contribution < -0.4 is 0 Å². The number of carbonyl (C=O) groups excluding carboxylic acids is 1. The first kappa shape index (κ1) is 12.5. The number of nitrogens with zero attached hydrogens (tertiary/aromatic N) is 1. The predicted molar refractivity (Wildman–Crippen MR) is 63.7 cm³/mol. The number of rotatable bonds is 5. The highest BCUT2D eigenvalue weighted by molar-refractivity contribution is 5.76. The van der Waals surface area contributed by atoms with E-state index < -0.39 is 0 Å². The minimum atomic E-state index is 0.378. The lowest BCUT2D eigenvalue weighted by Crippen LogP contribution is -2.27. The molecular weight excluding hydrogens is 186 g/mol. The monoisotopic (exact) mass is 211 g/mol. The fraction of sp³-hybridized carbons (Fsp3) is 0.923. The summed E-state index contributed by atoms with van der Waals surface area (Å²) in [6, 6.07) is 0. The van der Waals surface area contributed by atoms with Gasteiger partial charge in [-0.2, -0.15) is 0 Å². The van der Waals surface area contributed by atoms with E-state index in [1.807, 2.05) is 4.90 Å². The zero-order valence-corrected chi connectivity index (χ0v) is 10.5. The average molecular weight is 211 g/mol. The average Bonchev–Trinajstić information content (AvgIpc) is 2.70.